The minimum atomic E-state index is -4.23. The van der Waals surface area contributed by atoms with Crippen LogP contribution in [0.1, 0.15) is 62.5 Å². The van der Waals surface area contributed by atoms with Gasteiger partial charge in [-0.15, -0.1) is 0 Å². The maximum absolute atomic E-state index is 13.0. The maximum Gasteiger partial charge on any atom is 0.416 e. The molecule has 2 atom stereocenters. The van der Waals surface area contributed by atoms with Crippen LogP contribution >= 0.6 is 0 Å². The second-order valence-corrected chi connectivity index (χ2v) is 5.56. The fourth-order valence-electron chi connectivity index (χ4n) is 3.21. The average molecular weight is 270 g/mol. The topological polar surface area (TPSA) is 0 Å². The van der Waals surface area contributed by atoms with Gasteiger partial charge < -0.3 is 0 Å². The van der Waals surface area contributed by atoms with E-state index in [0.29, 0.717) is 11.5 Å². The molecule has 0 heterocycles. The Balaban J connectivity index is 2.22. The molecule has 19 heavy (non-hydrogen) atoms. The molecule has 0 nitrogen and oxygen atoms in total. The second kappa shape index (κ2) is 5.98. The van der Waals surface area contributed by atoms with Crippen molar-refractivity contribution in [2.24, 2.45) is 5.92 Å². The zero-order valence-electron chi connectivity index (χ0n) is 11.3. The first-order valence-corrected chi connectivity index (χ1v) is 7.18. The van der Waals surface area contributed by atoms with E-state index in [-0.39, 0.29) is 5.92 Å². The summed E-state index contributed by atoms with van der Waals surface area (Å²) in [5.74, 6) is 0.775. The van der Waals surface area contributed by atoms with E-state index in [2.05, 4.69) is 6.92 Å². The van der Waals surface area contributed by atoms with Gasteiger partial charge in [0, 0.05) is 0 Å². The SMILES string of the molecule is CCC1CCCC(c2ccccc2C(F)(F)F)CC1. The predicted octanol–water partition coefficient (Wildman–Crippen LogP) is 5.78. The minimum Gasteiger partial charge on any atom is -0.166 e. The van der Waals surface area contributed by atoms with Crippen LogP contribution in [0.2, 0.25) is 0 Å². The Morgan fingerprint density at radius 1 is 1.05 bits per heavy atom. The molecule has 0 aromatic heterocycles. The molecule has 1 aliphatic carbocycles. The lowest BCUT2D eigenvalue weighted by molar-refractivity contribution is -0.138. The molecule has 106 valence electrons. The Morgan fingerprint density at radius 2 is 1.79 bits per heavy atom. The average Bonchev–Trinajstić information content (AvgIpc) is 2.63. The molecule has 0 spiro atoms. The van der Waals surface area contributed by atoms with Gasteiger partial charge in [-0.05, 0) is 42.7 Å². The van der Waals surface area contributed by atoms with Gasteiger partial charge in [-0.25, -0.2) is 0 Å². The van der Waals surface area contributed by atoms with Crippen molar-refractivity contribution >= 4 is 0 Å². The van der Waals surface area contributed by atoms with Crippen molar-refractivity contribution in [3.05, 3.63) is 35.4 Å². The van der Waals surface area contributed by atoms with Crippen LogP contribution in [0.3, 0.4) is 0 Å². The van der Waals surface area contributed by atoms with Gasteiger partial charge in [-0.1, -0.05) is 44.4 Å². The summed E-state index contributed by atoms with van der Waals surface area (Å²) in [6, 6.07) is 6.10. The molecule has 1 aliphatic rings. The third kappa shape index (κ3) is 3.52. The van der Waals surface area contributed by atoms with Gasteiger partial charge >= 0.3 is 6.18 Å². The predicted molar refractivity (Wildman–Crippen MR) is 71.1 cm³/mol. The third-order valence-electron chi connectivity index (χ3n) is 4.37. The highest BCUT2D eigenvalue weighted by Crippen LogP contribution is 2.41. The summed E-state index contributed by atoms with van der Waals surface area (Å²) in [4.78, 5) is 0. The largest absolute Gasteiger partial charge is 0.416 e. The molecule has 1 fully saturated rings. The van der Waals surface area contributed by atoms with Crippen LogP contribution in [0.5, 0.6) is 0 Å². The normalized spacial score (nSPS) is 25.1. The van der Waals surface area contributed by atoms with Gasteiger partial charge in [0.1, 0.15) is 0 Å². The van der Waals surface area contributed by atoms with Gasteiger partial charge in [0.05, 0.1) is 5.56 Å². The van der Waals surface area contributed by atoms with Crippen molar-refractivity contribution in [2.75, 3.05) is 0 Å². The molecule has 2 unspecified atom stereocenters. The Hall–Kier alpha value is -0.990. The fraction of sp³-hybridized carbons (Fsp3) is 0.625. The van der Waals surface area contributed by atoms with Gasteiger partial charge in [-0.2, -0.15) is 13.2 Å². The van der Waals surface area contributed by atoms with Crippen LogP contribution in [0.15, 0.2) is 24.3 Å². The molecule has 0 saturated heterocycles. The molecule has 3 heteroatoms. The highest BCUT2D eigenvalue weighted by molar-refractivity contribution is 5.32. The van der Waals surface area contributed by atoms with E-state index in [1.165, 1.54) is 18.6 Å². The Bertz CT molecular complexity index is 409. The van der Waals surface area contributed by atoms with E-state index >= 15 is 0 Å². The molecule has 1 aromatic rings. The lowest BCUT2D eigenvalue weighted by Crippen LogP contribution is -2.12. The summed E-state index contributed by atoms with van der Waals surface area (Å²) in [6.45, 7) is 2.18. The quantitative estimate of drug-likeness (QED) is 0.597. The molecule has 0 aliphatic heterocycles. The summed E-state index contributed by atoms with van der Waals surface area (Å²) in [6.07, 6.45) is 1.99. The van der Waals surface area contributed by atoms with Crippen LogP contribution in [0.4, 0.5) is 13.2 Å². The first-order valence-electron chi connectivity index (χ1n) is 7.18. The first-order chi connectivity index (χ1) is 9.02. The first kappa shape index (κ1) is 14.4. The minimum absolute atomic E-state index is 0.0781. The Morgan fingerprint density at radius 3 is 2.47 bits per heavy atom. The van der Waals surface area contributed by atoms with Crippen molar-refractivity contribution in [3.63, 3.8) is 0 Å². The molecular formula is C16H21F3. The summed E-state index contributed by atoms with van der Waals surface area (Å²) >= 11 is 0. The molecule has 1 aromatic carbocycles. The maximum atomic E-state index is 13.0. The van der Waals surface area contributed by atoms with Gasteiger partial charge in [0.25, 0.3) is 0 Å². The highest BCUT2D eigenvalue weighted by Gasteiger charge is 2.35. The monoisotopic (exact) mass is 270 g/mol. The van der Waals surface area contributed by atoms with Gasteiger partial charge in [0.15, 0.2) is 0 Å². The number of hydrogen-bond donors (Lipinski definition) is 0. The highest BCUT2D eigenvalue weighted by atomic mass is 19.4. The Labute approximate surface area is 113 Å². The van der Waals surface area contributed by atoms with Crippen molar-refractivity contribution in [2.45, 2.75) is 57.5 Å². The molecule has 0 amide bonds. The zero-order chi connectivity index (χ0) is 13.9. The van der Waals surface area contributed by atoms with E-state index in [0.717, 1.165) is 32.1 Å². The van der Waals surface area contributed by atoms with Crippen molar-refractivity contribution in [1.29, 1.82) is 0 Å². The lowest BCUT2D eigenvalue weighted by atomic mass is 9.87. The summed E-state index contributed by atoms with van der Waals surface area (Å²) in [5, 5.41) is 0. The van der Waals surface area contributed by atoms with Crippen molar-refractivity contribution < 1.29 is 13.2 Å². The van der Waals surface area contributed by atoms with Gasteiger partial charge in [0.2, 0.25) is 0 Å². The molecule has 0 radical (unpaired) electrons. The number of rotatable bonds is 2. The van der Waals surface area contributed by atoms with Crippen LogP contribution in [0, 0.1) is 5.92 Å². The standard InChI is InChI=1S/C16H21F3/c1-2-12-6-5-7-13(11-10-12)14-8-3-4-9-15(14)16(17,18)19/h3-4,8-9,12-13H,2,5-7,10-11H2,1H3. The van der Waals surface area contributed by atoms with Crippen LogP contribution < -0.4 is 0 Å². The second-order valence-electron chi connectivity index (χ2n) is 5.56. The zero-order valence-corrected chi connectivity index (χ0v) is 11.3. The Kier molecular flexibility index (Phi) is 4.54. The molecule has 0 bridgehead atoms. The molecule has 1 saturated carbocycles. The fourth-order valence-corrected chi connectivity index (χ4v) is 3.21. The number of benzene rings is 1. The van der Waals surface area contributed by atoms with Crippen LogP contribution in [-0.2, 0) is 6.18 Å². The third-order valence-corrected chi connectivity index (χ3v) is 4.37. The molecule has 0 N–H and O–H groups in total. The summed E-state index contributed by atoms with van der Waals surface area (Å²) < 4.78 is 39.1. The smallest absolute Gasteiger partial charge is 0.166 e. The number of alkyl halides is 3. The van der Waals surface area contributed by atoms with E-state index in [9.17, 15) is 13.2 Å². The molecule has 2 rings (SSSR count). The van der Waals surface area contributed by atoms with Crippen LogP contribution in [-0.4, -0.2) is 0 Å². The lowest BCUT2D eigenvalue weighted by Gasteiger charge is -2.20. The van der Waals surface area contributed by atoms with Crippen molar-refractivity contribution in [1.82, 2.24) is 0 Å². The van der Waals surface area contributed by atoms with Crippen molar-refractivity contribution in [3.8, 4) is 0 Å². The van der Waals surface area contributed by atoms with E-state index in [1.54, 1.807) is 12.1 Å². The van der Waals surface area contributed by atoms with Crippen LogP contribution in [0.25, 0.3) is 0 Å². The van der Waals surface area contributed by atoms with E-state index < -0.39 is 11.7 Å². The number of hydrogen-bond acceptors (Lipinski definition) is 0. The molecular weight excluding hydrogens is 249 g/mol. The summed E-state index contributed by atoms with van der Waals surface area (Å²) in [5.41, 5.74) is 0.0710. The number of halogens is 3. The summed E-state index contributed by atoms with van der Waals surface area (Å²) in [7, 11) is 0. The van der Waals surface area contributed by atoms with Gasteiger partial charge in [-0.3, -0.25) is 0 Å². The van der Waals surface area contributed by atoms with E-state index in [4.69, 9.17) is 0 Å². The van der Waals surface area contributed by atoms with E-state index in [1.807, 2.05) is 0 Å².